The molecule has 5 heteroatoms. The van der Waals surface area contributed by atoms with E-state index in [0.717, 1.165) is 6.26 Å². The topological polar surface area (TPSA) is 39.2 Å². The molecule has 0 bridgehead atoms. The average Bonchev–Trinajstić information content (AvgIpc) is 2.30. The van der Waals surface area contributed by atoms with Crippen LogP contribution in [0.4, 0.5) is 13.2 Å². The zero-order valence-corrected chi connectivity index (χ0v) is 6.35. The molecule has 1 rings (SSSR count). The maximum absolute atomic E-state index is 12.1. The smallest absolute Gasteiger partial charge is 0.449 e. The zero-order valence-electron chi connectivity index (χ0n) is 6.35. The first kappa shape index (κ1) is 9.12. The van der Waals surface area contributed by atoms with Crippen LogP contribution in [0.5, 0.6) is 0 Å². The van der Waals surface area contributed by atoms with Gasteiger partial charge in [0.15, 0.2) is 0 Å². The third kappa shape index (κ3) is 1.61. The molecule has 2 nitrogen and oxygen atoms in total. The van der Waals surface area contributed by atoms with Crippen molar-refractivity contribution in [2.45, 2.75) is 19.1 Å². The van der Waals surface area contributed by atoms with Crippen LogP contribution in [0.2, 0.25) is 0 Å². The van der Waals surface area contributed by atoms with Gasteiger partial charge in [-0.05, 0) is 13.0 Å². The first-order valence-corrected chi connectivity index (χ1v) is 3.33. The van der Waals surface area contributed by atoms with Gasteiger partial charge in [0.25, 0.3) is 0 Å². The Morgan fingerprint density at radius 3 is 2.42 bits per heavy atom. The van der Waals surface area contributed by atoms with Gasteiger partial charge in [-0.2, -0.15) is 13.2 Å². The molecule has 2 N–H and O–H groups in total. The Morgan fingerprint density at radius 2 is 2.08 bits per heavy atom. The average molecular weight is 179 g/mol. The minimum atomic E-state index is -4.45. The van der Waals surface area contributed by atoms with Crippen molar-refractivity contribution in [3.05, 3.63) is 23.7 Å². The Morgan fingerprint density at radius 1 is 1.50 bits per heavy atom. The highest BCUT2D eigenvalue weighted by Gasteiger charge is 2.37. The van der Waals surface area contributed by atoms with Gasteiger partial charge < -0.3 is 10.2 Å². The van der Waals surface area contributed by atoms with E-state index >= 15 is 0 Å². The van der Waals surface area contributed by atoms with Gasteiger partial charge in [-0.15, -0.1) is 0 Å². The predicted molar refractivity (Wildman–Crippen MR) is 36.3 cm³/mol. The van der Waals surface area contributed by atoms with Crippen molar-refractivity contribution >= 4 is 0 Å². The molecule has 1 atom stereocenters. The Kier molecular flexibility index (Phi) is 2.14. The van der Waals surface area contributed by atoms with Crippen molar-refractivity contribution in [3.8, 4) is 0 Å². The fourth-order valence-corrected chi connectivity index (χ4v) is 0.908. The molecule has 1 aromatic rings. The summed E-state index contributed by atoms with van der Waals surface area (Å²) in [6.45, 7) is 1.47. The van der Waals surface area contributed by atoms with Crippen LogP contribution in [0.3, 0.4) is 0 Å². The van der Waals surface area contributed by atoms with Gasteiger partial charge in [0, 0.05) is 11.6 Å². The van der Waals surface area contributed by atoms with E-state index in [4.69, 9.17) is 5.73 Å². The highest BCUT2D eigenvalue weighted by Crippen LogP contribution is 2.34. The normalized spacial score (nSPS) is 14.8. The molecule has 1 aromatic heterocycles. The molecule has 0 amide bonds. The molecule has 12 heavy (non-hydrogen) atoms. The van der Waals surface area contributed by atoms with Gasteiger partial charge in [-0.25, -0.2) is 0 Å². The zero-order chi connectivity index (χ0) is 9.35. The van der Waals surface area contributed by atoms with Crippen LogP contribution in [0, 0.1) is 0 Å². The molecule has 0 aliphatic heterocycles. The molecule has 68 valence electrons. The van der Waals surface area contributed by atoms with Crippen LogP contribution < -0.4 is 5.73 Å². The number of alkyl halides is 3. The molecule has 0 aromatic carbocycles. The fraction of sp³-hybridized carbons (Fsp3) is 0.429. The summed E-state index contributed by atoms with van der Waals surface area (Å²) in [6, 6.07) is 0.563. The molecule has 0 unspecified atom stereocenters. The van der Waals surface area contributed by atoms with Crippen molar-refractivity contribution in [2.75, 3.05) is 0 Å². The van der Waals surface area contributed by atoms with Crippen molar-refractivity contribution < 1.29 is 17.6 Å². The van der Waals surface area contributed by atoms with Crippen LogP contribution in [-0.4, -0.2) is 0 Å². The van der Waals surface area contributed by atoms with Crippen molar-refractivity contribution in [1.82, 2.24) is 0 Å². The van der Waals surface area contributed by atoms with E-state index < -0.39 is 18.0 Å². The van der Waals surface area contributed by atoms with E-state index in [2.05, 4.69) is 4.42 Å². The van der Waals surface area contributed by atoms with Crippen LogP contribution in [0.15, 0.2) is 16.7 Å². The summed E-state index contributed by atoms with van der Waals surface area (Å²) in [5, 5.41) is 0. The molecule has 1 heterocycles. The Bertz CT molecular complexity index is 264. The van der Waals surface area contributed by atoms with Crippen molar-refractivity contribution in [3.63, 3.8) is 0 Å². The van der Waals surface area contributed by atoms with Crippen molar-refractivity contribution in [2.24, 2.45) is 5.73 Å². The summed E-state index contributed by atoms with van der Waals surface area (Å²) in [4.78, 5) is 0. The second-order valence-corrected chi connectivity index (χ2v) is 2.49. The van der Waals surface area contributed by atoms with E-state index in [9.17, 15) is 13.2 Å². The molecule has 0 saturated heterocycles. The summed E-state index contributed by atoms with van der Waals surface area (Å²) in [6.07, 6.45) is -3.46. The molecule has 0 spiro atoms. The first-order chi connectivity index (χ1) is 5.43. The maximum Gasteiger partial charge on any atom is 0.449 e. The number of halogens is 3. The lowest BCUT2D eigenvalue weighted by Gasteiger charge is -2.07. The highest BCUT2D eigenvalue weighted by molar-refractivity contribution is 5.22. The second-order valence-electron chi connectivity index (χ2n) is 2.49. The first-order valence-electron chi connectivity index (χ1n) is 3.33. The van der Waals surface area contributed by atoms with Crippen LogP contribution >= 0.6 is 0 Å². The van der Waals surface area contributed by atoms with Gasteiger partial charge in [-0.1, -0.05) is 0 Å². The monoisotopic (exact) mass is 179 g/mol. The number of hydrogen-bond acceptors (Lipinski definition) is 2. The Labute approximate surface area is 67.2 Å². The Hall–Kier alpha value is -0.970. The molecular formula is C7H8F3NO. The van der Waals surface area contributed by atoms with Gasteiger partial charge >= 0.3 is 6.18 Å². The quantitative estimate of drug-likeness (QED) is 0.718. The van der Waals surface area contributed by atoms with E-state index in [0.29, 0.717) is 0 Å². The minimum absolute atomic E-state index is 0.0116. The molecule has 0 fully saturated rings. The van der Waals surface area contributed by atoms with Crippen LogP contribution in [-0.2, 0) is 6.18 Å². The summed E-state index contributed by atoms with van der Waals surface area (Å²) in [5.41, 5.74) is 5.28. The predicted octanol–water partition coefficient (Wildman–Crippen LogP) is 2.32. The maximum atomic E-state index is 12.1. The van der Waals surface area contributed by atoms with Gasteiger partial charge in [-0.3, -0.25) is 0 Å². The van der Waals surface area contributed by atoms with E-state index in [1.165, 1.54) is 13.0 Å². The number of hydrogen-bond donors (Lipinski definition) is 1. The molecule has 0 saturated carbocycles. The largest absolute Gasteiger partial charge is 0.459 e. The lowest BCUT2D eigenvalue weighted by atomic mass is 10.1. The summed E-state index contributed by atoms with van der Waals surface area (Å²) in [5.74, 6) is -1.00. The van der Waals surface area contributed by atoms with Crippen molar-refractivity contribution in [1.29, 1.82) is 0 Å². The van der Waals surface area contributed by atoms with Gasteiger partial charge in [0.1, 0.15) is 0 Å². The third-order valence-electron chi connectivity index (χ3n) is 1.44. The standard InChI is InChI=1S/C7H8F3NO/c1-4(11)5-2-3-12-6(5)7(8,9)10/h2-4H,11H2,1H3/t4-/m1/s1. The summed E-state index contributed by atoms with van der Waals surface area (Å²) >= 11 is 0. The molecule has 0 radical (unpaired) electrons. The van der Waals surface area contributed by atoms with Crippen LogP contribution in [0.25, 0.3) is 0 Å². The summed E-state index contributed by atoms with van der Waals surface area (Å²) < 4.78 is 40.6. The second kappa shape index (κ2) is 2.82. The Balaban J connectivity index is 3.08. The lowest BCUT2D eigenvalue weighted by molar-refractivity contribution is -0.153. The summed E-state index contributed by atoms with van der Waals surface area (Å²) in [7, 11) is 0. The molecular weight excluding hydrogens is 171 g/mol. The van der Waals surface area contributed by atoms with Crippen LogP contribution in [0.1, 0.15) is 24.3 Å². The SMILES string of the molecule is C[C@@H](N)c1ccoc1C(F)(F)F. The van der Waals surface area contributed by atoms with E-state index in [1.54, 1.807) is 0 Å². The third-order valence-corrected chi connectivity index (χ3v) is 1.44. The van der Waals surface area contributed by atoms with E-state index in [1.807, 2.05) is 0 Å². The van der Waals surface area contributed by atoms with Gasteiger partial charge in [0.05, 0.1) is 6.26 Å². The fourth-order valence-electron chi connectivity index (χ4n) is 0.908. The van der Waals surface area contributed by atoms with E-state index in [-0.39, 0.29) is 5.56 Å². The number of rotatable bonds is 1. The lowest BCUT2D eigenvalue weighted by Crippen LogP contribution is -2.12. The number of nitrogens with two attached hydrogens (primary N) is 1. The number of furan rings is 1. The minimum Gasteiger partial charge on any atom is -0.459 e. The molecule has 0 aliphatic rings. The van der Waals surface area contributed by atoms with Gasteiger partial charge in [0.2, 0.25) is 5.76 Å². The highest BCUT2D eigenvalue weighted by atomic mass is 19.4. The molecule has 0 aliphatic carbocycles.